The first-order chi connectivity index (χ1) is 16.3. The number of sulfonamides is 1. The highest BCUT2D eigenvalue weighted by Gasteiger charge is 2.31. The first-order valence-electron chi connectivity index (χ1n) is 11.0. The molecular formula is C23H23FN6O3S. The molecule has 11 heteroatoms. The number of hydrogen-bond donors (Lipinski definition) is 1. The molecule has 3 heterocycles. The van der Waals surface area contributed by atoms with E-state index in [9.17, 15) is 17.6 Å². The molecular weight excluding hydrogens is 459 g/mol. The Morgan fingerprint density at radius 3 is 2.41 bits per heavy atom. The summed E-state index contributed by atoms with van der Waals surface area (Å²) in [6, 6.07) is 12.8. The van der Waals surface area contributed by atoms with Crippen molar-refractivity contribution in [3.05, 3.63) is 81.7 Å². The lowest BCUT2D eigenvalue weighted by atomic mass is 9.97. The molecule has 2 aromatic carbocycles. The molecule has 0 aliphatic carbocycles. The number of nitrogens with zero attached hydrogens (tertiary/aromatic N) is 5. The topological polar surface area (TPSA) is 114 Å². The van der Waals surface area contributed by atoms with Crippen molar-refractivity contribution >= 4 is 21.2 Å². The molecule has 34 heavy (non-hydrogen) atoms. The van der Waals surface area contributed by atoms with Crippen LogP contribution in [0.1, 0.15) is 35.7 Å². The maximum Gasteiger partial charge on any atom is 0.281 e. The van der Waals surface area contributed by atoms with Crippen LogP contribution in [0.15, 0.2) is 58.2 Å². The van der Waals surface area contributed by atoms with Gasteiger partial charge in [-0.05, 0) is 49.6 Å². The SMILES string of the molecule is Cc1ccc(Cn2nnc3c(=O)[nH]c(C4CCN(S(=O)(=O)c5ccc(F)cc5)CC4)nc32)cc1. The van der Waals surface area contributed by atoms with Gasteiger partial charge in [0.2, 0.25) is 10.0 Å². The number of piperidine rings is 1. The lowest BCUT2D eigenvalue weighted by Crippen LogP contribution is -2.38. The second kappa shape index (κ2) is 8.73. The highest BCUT2D eigenvalue weighted by Crippen LogP contribution is 2.29. The molecule has 4 aromatic rings. The summed E-state index contributed by atoms with van der Waals surface area (Å²) in [7, 11) is -3.71. The van der Waals surface area contributed by atoms with Crippen LogP contribution in [-0.4, -0.2) is 50.8 Å². The molecule has 9 nitrogen and oxygen atoms in total. The van der Waals surface area contributed by atoms with Crippen molar-refractivity contribution in [2.75, 3.05) is 13.1 Å². The van der Waals surface area contributed by atoms with E-state index in [1.165, 1.54) is 16.4 Å². The van der Waals surface area contributed by atoms with Gasteiger partial charge in [0.15, 0.2) is 11.2 Å². The van der Waals surface area contributed by atoms with E-state index in [4.69, 9.17) is 0 Å². The molecule has 0 unspecified atom stereocenters. The number of aromatic amines is 1. The number of hydrogen-bond acceptors (Lipinski definition) is 6. The molecule has 0 radical (unpaired) electrons. The van der Waals surface area contributed by atoms with Gasteiger partial charge in [-0.2, -0.15) is 4.31 Å². The van der Waals surface area contributed by atoms with Crippen LogP contribution in [0.4, 0.5) is 4.39 Å². The van der Waals surface area contributed by atoms with Crippen LogP contribution in [0.3, 0.4) is 0 Å². The lowest BCUT2D eigenvalue weighted by Gasteiger charge is -2.30. The van der Waals surface area contributed by atoms with Gasteiger partial charge in [0.1, 0.15) is 11.6 Å². The molecule has 1 aliphatic heterocycles. The second-order valence-electron chi connectivity index (χ2n) is 8.49. The molecule has 0 bridgehead atoms. The quantitative estimate of drug-likeness (QED) is 0.468. The van der Waals surface area contributed by atoms with Gasteiger partial charge in [-0.3, -0.25) is 4.79 Å². The van der Waals surface area contributed by atoms with Crippen molar-refractivity contribution in [3.63, 3.8) is 0 Å². The molecule has 0 saturated carbocycles. The lowest BCUT2D eigenvalue weighted by molar-refractivity contribution is 0.313. The highest BCUT2D eigenvalue weighted by molar-refractivity contribution is 7.89. The van der Waals surface area contributed by atoms with Gasteiger partial charge in [-0.25, -0.2) is 22.5 Å². The standard InChI is InChI=1S/C23H23FN6O3S/c1-15-2-4-16(5-3-15)14-30-22-20(27-28-30)23(31)26-21(25-22)17-10-12-29(13-11-17)34(32,33)19-8-6-18(24)7-9-19/h2-9,17H,10-14H2,1H3,(H,25,26,31). The fourth-order valence-electron chi connectivity index (χ4n) is 4.17. The van der Waals surface area contributed by atoms with Crippen LogP contribution in [0.25, 0.3) is 11.2 Å². The number of H-pyrrole nitrogens is 1. The summed E-state index contributed by atoms with van der Waals surface area (Å²) in [6.45, 7) is 2.99. The minimum atomic E-state index is -3.71. The predicted octanol–water partition coefficient (Wildman–Crippen LogP) is 2.58. The third-order valence-electron chi connectivity index (χ3n) is 6.14. The minimum absolute atomic E-state index is 0.0615. The zero-order valence-electron chi connectivity index (χ0n) is 18.5. The molecule has 1 aliphatic rings. The van der Waals surface area contributed by atoms with Gasteiger partial charge in [0.25, 0.3) is 5.56 Å². The minimum Gasteiger partial charge on any atom is -0.308 e. The maximum atomic E-state index is 13.2. The second-order valence-corrected chi connectivity index (χ2v) is 10.4. The van der Waals surface area contributed by atoms with Crippen LogP contribution in [0.2, 0.25) is 0 Å². The van der Waals surface area contributed by atoms with Crippen LogP contribution in [-0.2, 0) is 16.6 Å². The molecule has 176 valence electrons. The van der Waals surface area contributed by atoms with E-state index in [2.05, 4.69) is 20.3 Å². The molecule has 1 N–H and O–H groups in total. The van der Waals surface area contributed by atoms with Gasteiger partial charge in [0.05, 0.1) is 11.4 Å². The van der Waals surface area contributed by atoms with Crippen molar-refractivity contribution in [1.29, 1.82) is 0 Å². The van der Waals surface area contributed by atoms with Crippen molar-refractivity contribution < 1.29 is 12.8 Å². The zero-order chi connectivity index (χ0) is 23.9. The Bertz CT molecular complexity index is 1490. The smallest absolute Gasteiger partial charge is 0.281 e. The Kier molecular flexibility index (Phi) is 5.74. The Morgan fingerprint density at radius 2 is 1.74 bits per heavy atom. The van der Waals surface area contributed by atoms with Crippen molar-refractivity contribution in [2.24, 2.45) is 0 Å². The molecule has 1 fully saturated rings. The average molecular weight is 483 g/mol. The number of rotatable bonds is 5. The van der Waals surface area contributed by atoms with Gasteiger partial charge in [-0.15, -0.1) is 5.10 Å². The molecule has 2 aromatic heterocycles. The van der Waals surface area contributed by atoms with E-state index in [1.54, 1.807) is 4.68 Å². The Morgan fingerprint density at radius 1 is 1.06 bits per heavy atom. The number of fused-ring (bicyclic) bond motifs is 1. The Hall–Kier alpha value is -3.44. The van der Waals surface area contributed by atoms with Gasteiger partial charge >= 0.3 is 0 Å². The number of aryl methyl sites for hydroxylation is 1. The summed E-state index contributed by atoms with van der Waals surface area (Å²) >= 11 is 0. The van der Waals surface area contributed by atoms with E-state index >= 15 is 0 Å². The van der Waals surface area contributed by atoms with E-state index in [0.717, 1.165) is 23.3 Å². The maximum absolute atomic E-state index is 13.2. The Balaban J connectivity index is 1.36. The third kappa shape index (κ3) is 4.24. The van der Waals surface area contributed by atoms with Gasteiger partial charge in [0, 0.05) is 19.0 Å². The van der Waals surface area contributed by atoms with Crippen LogP contribution in [0, 0.1) is 12.7 Å². The largest absolute Gasteiger partial charge is 0.308 e. The molecule has 0 amide bonds. The molecule has 0 atom stereocenters. The van der Waals surface area contributed by atoms with Gasteiger partial charge < -0.3 is 4.98 Å². The van der Waals surface area contributed by atoms with Crippen molar-refractivity contribution in [3.8, 4) is 0 Å². The molecule has 0 spiro atoms. The first-order valence-corrected chi connectivity index (χ1v) is 12.4. The summed E-state index contributed by atoms with van der Waals surface area (Å²) in [5, 5.41) is 8.11. The van der Waals surface area contributed by atoms with E-state index in [0.29, 0.717) is 30.9 Å². The summed E-state index contributed by atoms with van der Waals surface area (Å²) in [5.41, 5.74) is 2.38. The van der Waals surface area contributed by atoms with Crippen molar-refractivity contribution in [2.45, 2.75) is 37.1 Å². The highest BCUT2D eigenvalue weighted by atomic mass is 32.2. The van der Waals surface area contributed by atoms with Gasteiger partial charge in [-0.1, -0.05) is 35.0 Å². The number of aromatic nitrogens is 5. The third-order valence-corrected chi connectivity index (χ3v) is 8.05. The monoisotopic (exact) mass is 482 g/mol. The molecule has 1 saturated heterocycles. The normalized spacial score (nSPS) is 15.7. The molecule has 5 rings (SSSR count). The number of nitrogens with one attached hydrogen (secondary N) is 1. The van der Waals surface area contributed by atoms with E-state index < -0.39 is 15.8 Å². The Labute approximate surface area is 195 Å². The van der Waals surface area contributed by atoms with Crippen LogP contribution < -0.4 is 5.56 Å². The number of benzene rings is 2. The van der Waals surface area contributed by atoms with E-state index in [-0.39, 0.29) is 35.0 Å². The van der Waals surface area contributed by atoms with Crippen LogP contribution in [0.5, 0.6) is 0 Å². The summed E-state index contributed by atoms with van der Waals surface area (Å²) in [5.74, 6) is -0.0949. The fraction of sp³-hybridized carbons (Fsp3) is 0.304. The first kappa shape index (κ1) is 22.4. The predicted molar refractivity (Wildman–Crippen MR) is 123 cm³/mol. The average Bonchev–Trinajstić information content (AvgIpc) is 3.24. The zero-order valence-corrected chi connectivity index (χ0v) is 19.3. The summed E-state index contributed by atoms with van der Waals surface area (Å²) < 4.78 is 41.9. The summed E-state index contributed by atoms with van der Waals surface area (Å²) in [4.78, 5) is 20.2. The van der Waals surface area contributed by atoms with Crippen molar-refractivity contribution in [1.82, 2.24) is 29.3 Å². The summed E-state index contributed by atoms with van der Waals surface area (Å²) in [6.07, 6.45) is 0.989. The van der Waals surface area contributed by atoms with Crippen LogP contribution >= 0.6 is 0 Å². The van der Waals surface area contributed by atoms with E-state index in [1.807, 2.05) is 31.2 Å². The number of halogens is 1. The fourth-order valence-corrected chi connectivity index (χ4v) is 5.64.